The van der Waals surface area contributed by atoms with Crippen molar-refractivity contribution in [1.29, 1.82) is 0 Å². The average molecular weight is 1290 g/mol. The first kappa shape index (κ1) is 72.9. The predicted octanol–water partition coefficient (Wildman–Crippen LogP) is -17.9. The van der Waals surface area contributed by atoms with E-state index >= 15 is 0 Å². The maximum Gasteiger partial charge on any atom is 1.00 e. The summed E-state index contributed by atoms with van der Waals surface area (Å²) in [6.07, 6.45) is -71.7. The first-order chi connectivity index (χ1) is 40.3. The molecule has 21 saturated heterocycles. The topological polar surface area (TPSA) is 600 Å². The van der Waals surface area contributed by atoms with Crippen LogP contribution in [-0.2, 0) is 81.2 Å². The van der Waals surface area contributed by atoms with Gasteiger partial charge in [0.15, 0.2) is 44.0 Å². The van der Waals surface area contributed by atoms with Crippen LogP contribution in [0.1, 0.15) is 12.8 Å². The van der Waals surface area contributed by atoms with Gasteiger partial charge in [0.25, 0.3) is 0 Å². The van der Waals surface area contributed by atoms with Crippen molar-refractivity contribution in [3.63, 3.8) is 0 Å². The third kappa shape index (κ3) is 15.8. The van der Waals surface area contributed by atoms with Crippen molar-refractivity contribution in [3.8, 4) is 0 Å². The number of rotatable bonds is 13. The molecule has 21 heterocycles. The third-order valence-electron chi connectivity index (χ3n) is 15.8. The Morgan fingerprint density at radius 1 is 0.291 bits per heavy atom. The van der Waals surface area contributed by atoms with Gasteiger partial charge in [-0.25, -0.2) is 8.42 Å². The zero-order valence-corrected chi connectivity index (χ0v) is 48.5. The molecule has 496 valence electrons. The number of unbranched alkanes of at least 4 members (excludes halogenated alkanes) is 1. The van der Waals surface area contributed by atoms with E-state index in [0.717, 1.165) is 0 Å². The molecule has 35 atom stereocenters. The van der Waals surface area contributed by atoms with Crippen LogP contribution in [0.15, 0.2) is 0 Å². The van der Waals surface area contributed by atoms with Crippen LogP contribution in [0.2, 0.25) is 0 Å². The molecule has 21 aliphatic rings. The molecule has 20 N–H and O–H groups in total. The summed E-state index contributed by atoms with van der Waals surface area (Å²) in [7, 11) is -4.62. The minimum atomic E-state index is -4.62. The molecule has 0 aromatic carbocycles. The van der Waals surface area contributed by atoms with Crippen LogP contribution in [0.3, 0.4) is 0 Å². The standard InChI is InChI=1S/C46H78O38S.Na/c47-5-12-33-20(54)27(61)41(72-12)80-35-14(7-49)74-43(29(63)22(35)56)82-37-16(9-51)76-45(31(65)24(37)58)84-39-18(11-70-3-1-2-4-85(67,68)69)77-46(32(66)25(39)59)83-38-17(10-52)75-44(30(64)23(38)57)81-36-15(8-50)73-42(28(62)21(36)55)79-34-13(6-48)71-40(78-33)26(60)19(34)53;/h12-66H,1-11H2,(H,67,68,69);/q;+1/p-1/t12-,13+,14-,15+,16-,17+,18+,19-,20+,21-,22+,23-,24+,25-,26+,27+,28-,29+,30-,31+,32-,33-,34-,35-,36-,37-,38-,39-,40?,41-,42-,43-,44-,45-,46-;/m0./s1. The second-order valence-corrected chi connectivity index (χ2v) is 23.0. The molecule has 0 aromatic rings. The van der Waals surface area contributed by atoms with Gasteiger partial charge in [0.05, 0.1) is 56.4 Å². The van der Waals surface area contributed by atoms with Gasteiger partial charge in [-0.15, -0.1) is 0 Å². The van der Waals surface area contributed by atoms with Gasteiger partial charge in [-0.05, 0) is 12.8 Å². The minimum Gasteiger partial charge on any atom is -0.748 e. The summed E-state index contributed by atoms with van der Waals surface area (Å²) in [5.41, 5.74) is 0. The fourth-order valence-electron chi connectivity index (χ4n) is 11.1. The largest absolute Gasteiger partial charge is 1.00 e. The number of hydrogen-bond donors (Lipinski definition) is 20. The van der Waals surface area contributed by atoms with Crippen LogP contribution in [0.25, 0.3) is 0 Å². The van der Waals surface area contributed by atoms with E-state index in [1.165, 1.54) is 0 Å². The molecule has 0 spiro atoms. The molecular weight excluding hydrogens is 1220 g/mol. The quantitative estimate of drug-likeness (QED) is 0.0462. The molecule has 14 bridgehead atoms. The first-order valence-corrected chi connectivity index (χ1v) is 28.7. The smallest absolute Gasteiger partial charge is 0.748 e. The van der Waals surface area contributed by atoms with E-state index in [1.54, 1.807) is 0 Å². The molecule has 0 aromatic heterocycles. The van der Waals surface area contributed by atoms with Crippen LogP contribution in [0.5, 0.6) is 0 Å². The molecule has 86 heavy (non-hydrogen) atoms. The maximum absolute atomic E-state index is 11.7. The zero-order chi connectivity index (χ0) is 62.1. The number of aliphatic hydroxyl groups is 20. The molecule has 0 amide bonds. The SMILES string of the molecule is O=S(=O)([O-])CCCCOC[C@H]1O[C@H]2O[C@@H]3[C@@H](O)[C@H](O)[C@H](O[C@@H]4[C@@H](O)[C@H](O)[C@H](O[C@@H]5[C@@H](O)[C@@H](O)C(O[C@@H]6[C@H](O)[C@@H](O)[C@H](O[C@@H]7[C@H](O)[C@@H](O)[C@H](O[C@@H]8[C@H](O)[C@@H](O)[C@H](O[C@@H]1[C@@H](O)[C@@H]2O)O[C@H]8CO)O[C@H]7CO)O[C@H]6CO)O[C@@H]5CO)O[C@@H]4CO)O[C@@H]3CO.[Na+]. The van der Waals surface area contributed by atoms with Gasteiger partial charge in [0.2, 0.25) is 0 Å². The van der Waals surface area contributed by atoms with Gasteiger partial charge in [0, 0.05) is 12.4 Å². The maximum atomic E-state index is 11.7. The summed E-state index contributed by atoms with van der Waals surface area (Å²) in [6.45, 7) is -7.40. The molecule has 38 nitrogen and oxygen atoms in total. The fourth-order valence-corrected chi connectivity index (χ4v) is 11.6. The van der Waals surface area contributed by atoms with Crippen LogP contribution in [0, 0.1) is 0 Å². The molecular formula is C46H77NaO38S. The Morgan fingerprint density at radius 3 is 0.663 bits per heavy atom. The zero-order valence-electron chi connectivity index (χ0n) is 45.7. The monoisotopic (exact) mass is 1290 g/mol. The van der Waals surface area contributed by atoms with E-state index in [0.29, 0.717) is 0 Å². The van der Waals surface area contributed by atoms with Gasteiger partial charge in [0.1, 0.15) is 171 Å². The second kappa shape index (κ2) is 31.6. The summed E-state index contributed by atoms with van der Waals surface area (Å²) in [4.78, 5) is 0. The number of hydrogen-bond acceptors (Lipinski definition) is 38. The predicted molar refractivity (Wildman–Crippen MR) is 256 cm³/mol. The third-order valence-corrected chi connectivity index (χ3v) is 16.6. The van der Waals surface area contributed by atoms with Gasteiger partial charge >= 0.3 is 29.6 Å². The molecule has 0 saturated carbocycles. The molecule has 0 radical (unpaired) electrons. The van der Waals surface area contributed by atoms with Crippen molar-refractivity contribution in [2.24, 2.45) is 0 Å². The summed E-state index contributed by atoms with van der Waals surface area (Å²) in [5, 5.41) is 222. The Balaban J connectivity index is 0.0000106. The second-order valence-electron chi connectivity index (χ2n) is 21.5. The summed E-state index contributed by atoms with van der Waals surface area (Å²) in [5.74, 6) is -0.760. The van der Waals surface area contributed by atoms with Crippen molar-refractivity contribution in [3.05, 3.63) is 0 Å². The van der Waals surface area contributed by atoms with E-state index in [-0.39, 0.29) is 49.0 Å². The van der Waals surface area contributed by atoms with Crippen molar-refractivity contribution >= 4 is 10.1 Å². The number of aliphatic hydroxyl groups excluding tert-OH is 20. The van der Waals surface area contributed by atoms with E-state index < -0.39 is 277 Å². The van der Waals surface area contributed by atoms with Crippen LogP contribution in [-0.4, -0.2) is 389 Å². The van der Waals surface area contributed by atoms with Gasteiger partial charge in [-0.1, -0.05) is 0 Å². The molecule has 40 heteroatoms. The van der Waals surface area contributed by atoms with Gasteiger partial charge in [-0.2, -0.15) is 0 Å². The van der Waals surface area contributed by atoms with Crippen molar-refractivity contribution < 1.29 is 216 Å². The summed E-state index contributed by atoms with van der Waals surface area (Å²) < 4.78 is 120. The Labute approximate surface area is 510 Å². The normalized spacial score (nSPS) is 50.9. The summed E-state index contributed by atoms with van der Waals surface area (Å²) >= 11 is 0. The summed E-state index contributed by atoms with van der Waals surface area (Å²) in [6, 6.07) is 0. The minimum absolute atomic E-state index is 0. The van der Waals surface area contributed by atoms with E-state index in [9.17, 15) is 115 Å². The Morgan fingerprint density at radius 2 is 0.477 bits per heavy atom. The van der Waals surface area contributed by atoms with Gasteiger partial charge in [-0.3, -0.25) is 0 Å². The Bertz CT molecular complexity index is 2150. The van der Waals surface area contributed by atoms with Gasteiger partial charge < -0.3 is 178 Å². The van der Waals surface area contributed by atoms with E-state index in [4.69, 9.17) is 71.1 Å². The van der Waals surface area contributed by atoms with Crippen LogP contribution in [0.4, 0.5) is 0 Å². The molecule has 21 rings (SSSR count). The van der Waals surface area contributed by atoms with Crippen molar-refractivity contribution in [2.45, 2.75) is 228 Å². The molecule has 21 fully saturated rings. The van der Waals surface area contributed by atoms with Crippen molar-refractivity contribution in [2.75, 3.05) is 58.6 Å². The number of ether oxygens (including phenoxy) is 15. The Hall–Kier alpha value is -0.490. The molecule has 0 aliphatic carbocycles. The van der Waals surface area contributed by atoms with Crippen LogP contribution >= 0.6 is 0 Å². The fraction of sp³-hybridized carbons (Fsp3) is 1.00. The molecule has 1 unspecified atom stereocenters. The van der Waals surface area contributed by atoms with Crippen molar-refractivity contribution in [1.82, 2.24) is 0 Å². The average Bonchev–Trinajstić information content (AvgIpc) is 2.40. The van der Waals surface area contributed by atoms with Crippen LogP contribution < -0.4 is 29.6 Å². The molecule has 21 aliphatic heterocycles. The Kier molecular flexibility index (Phi) is 26.8. The van der Waals surface area contributed by atoms with E-state index in [1.807, 2.05) is 0 Å². The first-order valence-electron chi connectivity index (χ1n) is 27.2. The van der Waals surface area contributed by atoms with E-state index in [2.05, 4.69) is 0 Å².